The number of aliphatic hydroxyl groups is 1. The molecule has 1 saturated heterocycles. The van der Waals surface area contributed by atoms with Crippen molar-refractivity contribution >= 4 is 0 Å². The third-order valence-corrected chi connectivity index (χ3v) is 2.05. The van der Waals surface area contributed by atoms with Gasteiger partial charge in [0.25, 0.3) is 0 Å². The maximum Gasteiger partial charge on any atom is 0.0633 e. The molecule has 1 fully saturated rings. The van der Waals surface area contributed by atoms with Crippen LogP contribution >= 0.6 is 0 Å². The third kappa shape index (κ3) is 1.50. The van der Waals surface area contributed by atoms with E-state index in [-0.39, 0.29) is 17.6 Å². The minimum atomic E-state index is -0.0303. The van der Waals surface area contributed by atoms with Gasteiger partial charge in [-0.25, -0.2) is 0 Å². The first kappa shape index (κ1) is 8.02. The van der Waals surface area contributed by atoms with Gasteiger partial charge >= 0.3 is 0 Å². The van der Waals surface area contributed by atoms with Crippen LogP contribution in [0.1, 0.15) is 27.2 Å². The first-order chi connectivity index (χ1) is 4.47. The summed E-state index contributed by atoms with van der Waals surface area (Å²) in [6, 6.07) is 0. The fraction of sp³-hybridized carbons (Fsp3) is 1.00. The second kappa shape index (κ2) is 2.21. The Labute approximate surface area is 62.2 Å². The summed E-state index contributed by atoms with van der Waals surface area (Å²) in [6.07, 6.45) is 0.955. The lowest BCUT2D eigenvalue weighted by Gasteiger charge is -2.20. The predicted octanol–water partition coefficient (Wildman–Crippen LogP) is 1.18. The Morgan fingerprint density at radius 3 is 2.20 bits per heavy atom. The normalized spacial score (nSPS) is 38.4. The van der Waals surface area contributed by atoms with Gasteiger partial charge < -0.3 is 9.84 Å². The van der Waals surface area contributed by atoms with Gasteiger partial charge in [-0.2, -0.15) is 0 Å². The smallest absolute Gasteiger partial charge is 0.0633 e. The van der Waals surface area contributed by atoms with Crippen molar-refractivity contribution in [3.05, 3.63) is 0 Å². The van der Waals surface area contributed by atoms with Crippen molar-refractivity contribution in [3.8, 4) is 0 Å². The van der Waals surface area contributed by atoms with Crippen molar-refractivity contribution in [2.24, 2.45) is 5.41 Å². The molecule has 1 heterocycles. The first-order valence-corrected chi connectivity index (χ1v) is 3.72. The molecule has 1 atom stereocenters. The van der Waals surface area contributed by atoms with Crippen molar-refractivity contribution in [2.45, 2.75) is 32.8 Å². The molecule has 1 unspecified atom stereocenters. The van der Waals surface area contributed by atoms with Gasteiger partial charge in [0.1, 0.15) is 0 Å². The number of aliphatic hydroxyl groups excluding tert-OH is 1. The average Bonchev–Trinajstić information content (AvgIpc) is 2.08. The Morgan fingerprint density at radius 1 is 1.40 bits per heavy atom. The Morgan fingerprint density at radius 2 is 2.00 bits per heavy atom. The molecule has 0 bridgehead atoms. The lowest BCUT2D eigenvalue weighted by molar-refractivity contribution is 0.0281. The highest BCUT2D eigenvalue weighted by atomic mass is 16.5. The minimum absolute atomic E-state index is 0.00347. The molecule has 1 aliphatic heterocycles. The maximum atomic E-state index is 8.98. The van der Waals surface area contributed by atoms with Crippen LogP contribution in [-0.2, 0) is 4.74 Å². The monoisotopic (exact) mass is 144 g/mol. The number of rotatable bonds is 1. The summed E-state index contributed by atoms with van der Waals surface area (Å²) in [5.74, 6) is 0. The molecule has 0 saturated carbocycles. The van der Waals surface area contributed by atoms with Gasteiger partial charge in [0.05, 0.1) is 18.8 Å². The number of hydrogen-bond acceptors (Lipinski definition) is 2. The Kier molecular flexibility index (Phi) is 1.77. The van der Waals surface area contributed by atoms with E-state index in [2.05, 4.69) is 20.8 Å². The van der Waals surface area contributed by atoms with Crippen molar-refractivity contribution in [1.82, 2.24) is 0 Å². The Balaban J connectivity index is 2.57. The van der Waals surface area contributed by atoms with E-state index in [0.717, 1.165) is 6.42 Å². The molecule has 1 aliphatic rings. The standard InChI is InChI=1S/C8H16O2/c1-7(2)4-8(3,5-9)6-10-7/h9H,4-6H2,1-3H3. The third-order valence-electron chi connectivity index (χ3n) is 2.05. The molecule has 10 heavy (non-hydrogen) atoms. The van der Waals surface area contributed by atoms with E-state index < -0.39 is 0 Å². The van der Waals surface area contributed by atoms with E-state index in [1.165, 1.54) is 0 Å². The fourth-order valence-corrected chi connectivity index (χ4v) is 1.60. The number of ether oxygens (including phenoxy) is 1. The molecule has 1 rings (SSSR count). The van der Waals surface area contributed by atoms with Crippen LogP contribution in [0.5, 0.6) is 0 Å². The highest BCUT2D eigenvalue weighted by molar-refractivity contribution is 4.89. The maximum absolute atomic E-state index is 8.98. The zero-order valence-electron chi connectivity index (χ0n) is 6.98. The van der Waals surface area contributed by atoms with Gasteiger partial charge in [0.15, 0.2) is 0 Å². The van der Waals surface area contributed by atoms with Crippen LogP contribution in [0.4, 0.5) is 0 Å². The van der Waals surface area contributed by atoms with Crippen LogP contribution in [0.15, 0.2) is 0 Å². The predicted molar refractivity (Wildman–Crippen MR) is 39.8 cm³/mol. The molecule has 0 aromatic rings. The Hall–Kier alpha value is -0.0800. The largest absolute Gasteiger partial charge is 0.396 e. The molecule has 0 aromatic heterocycles. The lowest BCUT2D eigenvalue weighted by Crippen LogP contribution is -2.23. The van der Waals surface area contributed by atoms with E-state index in [1.807, 2.05) is 0 Å². The van der Waals surface area contributed by atoms with E-state index in [4.69, 9.17) is 9.84 Å². The van der Waals surface area contributed by atoms with Gasteiger partial charge in [-0.05, 0) is 20.3 Å². The summed E-state index contributed by atoms with van der Waals surface area (Å²) >= 11 is 0. The van der Waals surface area contributed by atoms with Crippen LogP contribution in [0.3, 0.4) is 0 Å². The lowest BCUT2D eigenvalue weighted by atomic mass is 9.85. The molecule has 0 radical (unpaired) electrons. The highest BCUT2D eigenvalue weighted by Crippen LogP contribution is 2.37. The van der Waals surface area contributed by atoms with Crippen LogP contribution in [0.25, 0.3) is 0 Å². The van der Waals surface area contributed by atoms with Gasteiger partial charge in [-0.15, -0.1) is 0 Å². The van der Waals surface area contributed by atoms with Crippen LogP contribution < -0.4 is 0 Å². The summed E-state index contributed by atoms with van der Waals surface area (Å²) in [4.78, 5) is 0. The van der Waals surface area contributed by atoms with Gasteiger partial charge in [0, 0.05) is 5.41 Å². The summed E-state index contributed by atoms with van der Waals surface area (Å²) < 4.78 is 5.49. The van der Waals surface area contributed by atoms with Gasteiger partial charge in [-0.3, -0.25) is 0 Å². The molecule has 0 amide bonds. The summed E-state index contributed by atoms with van der Waals surface area (Å²) in [6.45, 7) is 7.11. The number of hydrogen-bond donors (Lipinski definition) is 1. The molecular formula is C8H16O2. The molecule has 2 nitrogen and oxygen atoms in total. The second-order valence-electron chi connectivity index (χ2n) is 4.19. The Bertz CT molecular complexity index is 131. The molecular weight excluding hydrogens is 128 g/mol. The van der Waals surface area contributed by atoms with Crippen LogP contribution in [-0.4, -0.2) is 23.9 Å². The van der Waals surface area contributed by atoms with E-state index in [1.54, 1.807) is 0 Å². The molecule has 60 valence electrons. The van der Waals surface area contributed by atoms with Crippen molar-refractivity contribution in [3.63, 3.8) is 0 Å². The molecule has 1 N–H and O–H groups in total. The molecule has 2 heteroatoms. The van der Waals surface area contributed by atoms with E-state index in [0.29, 0.717) is 6.61 Å². The van der Waals surface area contributed by atoms with Crippen molar-refractivity contribution < 1.29 is 9.84 Å². The molecule has 0 aromatic carbocycles. The minimum Gasteiger partial charge on any atom is -0.396 e. The summed E-state index contributed by atoms with van der Waals surface area (Å²) in [5.41, 5.74) is -0.0268. The second-order valence-corrected chi connectivity index (χ2v) is 4.19. The summed E-state index contributed by atoms with van der Waals surface area (Å²) in [7, 11) is 0. The van der Waals surface area contributed by atoms with Gasteiger partial charge in [-0.1, -0.05) is 6.92 Å². The average molecular weight is 144 g/mol. The first-order valence-electron chi connectivity index (χ1n) is 3.72. The fourth-order valence-electron chi connectivity index (χ4n) is 1.60. The van der Waals surface area contributed by atoms with E-state index >= 15 is 0 Å². The van der Waals surface area contributed by atoms with Crippen molar-refractivity contribution in [2.75, 3.05) is 13.2 Å². The highest BCUT2D eigenvalue weighted by Gasteiger charge is 2.40. The zero-order valence-corrected chi connectivity index (χ0v) is 6.98. The topological polar surface area (TPSA) is 29.5 Å². The van der Waals surface area contributed by atoms with Crippen LogP contribution in [0, 0.1) is 5.41 Å². The zero-order chi connectivity index (χ0) is 7.83. The van der Waals surface area contributed by atoms with Crippen LogP contribution in [0.2, 0.25) is 0 Å². The van der Waals surface area contributed by atoms with Crippen molar-refractivity contribution in [1.29, 1.82) is 0 Å². The quantitative estimate of drug-likeness (QED) is 0.599. The molecule has 0 aliphatic carbocycles. The molecule has 0 spiro atoms. The SMILES string of the molecule is CC1(CO)COC(C)(C)C1. The van der Waals surface area contributed by atoms with E-state index in [9.17, 15) is 0 Å². The van der Waals surface area contributed by atoms with Gasteiger partial charge in [0.2, 0.25) is 0 Å². The summed E-state index contributed by atoms with van der Waals surface area (Å²) in [5, 5.41) is 8.98.